The highest BCUT2D eigenvalue weighted by Crippen LogP contribution is 2.34. The molecule has 4 nitrogen and oxygen atoms in total. The van der Waals surface area contributed by atoms with Crippen LogP contribution in [-0.2, 0) is 10.0 Å². The lowest BCUT2D eigenvalue weighted by atomic mass is 10.2. The van der Waals surface area contributed by atoms with Crippen LogP contribution in [0.15, 0.2) is 23.1 Å². The normalized spacial score (nSPS) is 15.5. The third kappa shape index (κ3) is 2.92. The SMILES string of the molecule is CCCN(C1CC1)S(=O)(=O)c1ccc(C#N)cc1Cl. The summed E-state index contributed by atoms with van der Waals surface area (Å²) in [5, 5.41) is 8.89. The van der Waals surface area contributed by atoms with E-state index in [1.54, 1.807) is 0 Å². The van der Waals surface area contributed by atoms with Crippen molar-refractivity contribution in [2.45, 2.75) is 37.1 Å². The number of nitrogens with zero attached hydrogens (tertiary/aromatic N) is 2. The number of rotatable bonds is 5. The van der Waals surface area contributed by atoms with Gasteiger partial charge in [0.2, 0.25) is 10.0 Å². The van der Waals surface area contributed by atoms with Gasteiger partial charge in [-0.25, -0.2) is 8.42 Å². The monoisotopic (exact) mass is 298 g/mol. The summed E-state index contributed by atoms with van der Waals surface area (Å²) >= 11 is 6.01. The zero-order chi connectivity index (χ0) is 14.0. The first kappa shape index (κ1) is 14.3. The minimum atomic E-state index is -3.56. The van der Waals surface area contributed by atoms with Crippen molar-refractivity contribution in [2.75, 3.05) is 6.54 Å². The molecular weight excluding hydrogens is 284 g/mol. The average Bonchev–Trinajstić information content (AvgIpc) is 3.19. The molecule has 0 spiro atoms. The van der Waals surface area contributed by atoms with Gasteiger partial charge >= 0.3 is 0 Å². The van der Waals surface area contributed by atoms with Crippen molar-refractivity contribution < 1.29 is 8.42 Å². The van der Waals surface area contributed by atoms with Crippen LogP contribution >= 0.6 is 11.6 Å². The summed E-state index contributed by atoms with van der Waals surface area (Å²) in [6, 6.07) is 6.35. The maximum Gasteiger partial charge on any atom is 0.244 e. The summed E-state index contributed by atoms with van der Waals surface area (Å²) in [7, 11) is -3.56. The second-order valence-electron chi connectivity index (χ2n) is 4.60. The number of nitriles is 1. The molecule has 1 fully saturated rings. The number of hydrogen-bond donors (Lipinski definition) is 0. The quantitative estimate of drug-likeness (QED) is 0.840. The second-order valence-corrected chi connectivity index (χ2v) is 6.87. The fourth-order valence-electron chi connectivity index (χ4n) is 1.99. The molecule has 0 bridgehead atoms. The van der Waals surface area contributed by atoms with Crippen LogP contribution in [0.25, 0.3) is 0 Å². The summed E-state index contributed by atoms with van der Waals surface area (Å²) in [5.74, 6) is 0. The maximum absolute atomic E-state index is 12.6. The highest BCUT2D eigenvalue weighted by molar-refractivity contribution is 7.89. The first-order valence-corrected chi connectivity index (χ1v) is 8.04. The van der Waals surface area contributed by atoms with Gasteiger partial charge in [0.1, 0.15) is 4.90 Å². The summed E-state index contributed by atoms with van der Waals surface area (Å²) in [4.78, 5) is 0.0912. The minimum Gasteiger partial charge on any atom is -0.207 e. The van der Waals surface area contributed by atoms with Crippen LogP contribution in [-0.4, -0.2) is 25.3 Å². The molecule has 2 rings (SSSR count). The lowest BCUT2D eigenvalue weighted by Crippen LogP contribution is -2.34. The van der Waals surface area contributed by atoms with E-state index in [1.807, 2.05) is 13.0 Å². The van der Waals surface area contributed by atoms with Crippen LogP contribution in [0.3, 0.4) is 0 Å². The van der Waals surface area contributed by atoms with E-state index in [2.05, 4.69) is 0 Å². The third-order valence-corrected chi connectivity index (χ3v) is 5.48. The molecule has 1 aliphatic rings. The topological polar surface area (TPSA) is 61.2 Å². The number of halogens is 1. The fourth-order valence-corrected chi connectivity index (χ4v) is 4.29. The Balaban J connectivity index is 2.41. The Kier molecular flexibility index (Phi) is 4.14. The van der Waals surface area contributed by atoms with E-state index in [4.69, 9.17) is 16.9 Å². The molecule has 6 heteroatoms. The largest absolute Gasteiger partial charge is 0.244 e. The van der Waals surface area contributed by atoms with Gasteiger partial charge in [0.15, 0.2) is 0 Å². The smallest absolute Gasteiger partial charge is 0.207 e. The molecule has 0 saturated heterocycles. The Labute approximate surface area is 118 Å². The highest BCUT2D eigenvalue weighted by atomic mass is 35.5. The lowest BCUT2D eigenvalue weighted by Gasteiger charge is -2.21. The molecule has 0 heterocycles. The standard InChI is InChI=1S/C13H15ClN2O2S/c1-2-7-16(11-4-5-11)19(17,18)13-6-3-10(9-15)8-12(13)14/h3,6,8,11H,2,4-5,7H2,1H3. The molecule has 19 heavy (non-hydrogen) atoms. The van der Waals surface area contributed by atoms with Crippen LogP contribution in [0.1, 0.15) is 31.7 Å². The Bertz CT molecular complexity index is 618. The van der Waals surface area contributed by atoms with Gasteiger partial charge in [-0.1, -0.05) is 18.5 Å². The van der Waals surface area contributed by atoms with Crippen molar-refractivity contribution in [1.29, 1.82) is 5.26 Å². The molecule has 0 unspecified atom stereocenters. The molecule has 0 aromatic heterocycles. The Morgan fingerprint density at radius 1 is 1.47 bits per heavy atom. The summed E-state index contributed by atoms with van der Waals surface area (Å²) in [5.41, 5.74) is 0.359. The Hall–Kier alpha value is -1.09. The summed E-state index contributed by atoms with van der Waals surface area (Å²) in [6.07, 6.45) is 2.59. The van der Waals surface area contributed by atoms with Crippen molar-refractivity contribution in [3.05, 3.63) is 28.8 Å². The molecular formula is C13H15ClN2O2S. The average molecular weight is 299 g/mol. The van der Waals surface area contributed by atoms with Gasteiger partial charge in [0.05, 0.1) is 16.7 Å². The minimum absolute atomic E-state index is 0.0912. The highest BCUT2D eigenvalue weighted by Gasteiger charge is 2.38. The molecule has 0 amide bonds. The van der Waals surface area contributed by atoms with Crippen molar-refractivity contribution in [3.8, 4) is 6.07 Å². The Morgan fingerprint density at radius 3 is 2.63 bits per heavy atom. The van der Waals surface area contributed by atoms with Crippen molar-refractivity contribution >= 4 is 21.6 Å². The van der Waals surface area contributed by atoms with Crippen LogP contribution in [0.2, 0.25) is 5.02 Å². The van der Waals surface area contributed by atoms with Crippen LogP contribution < -0.4 is 0 Å². The third-order valence-electron chi connectivity index (χ3n) is 3.05. The number of benzene rings is 1. The van der Waals surface area contributed by atoms with Crippen LogP contribution in [0.5, 0.6) is 0 Å². The van der Waals surface area contributed by atoms with Gasteiger partial charge in [-0.3, -0.25) is 0 Å². The van der Waals surface area contributed by atoms with E-state index in [1.165, 1.54) is 22.5 Å². The first-order chi connectivity index (χ1) is 9.00. The molecule has 0 N–H and O–H groups in total. The van der Waals surface area contributed by atoms with Gasteiger partial charge in [-0.15, -0.1) is 0 Å². The molecule has 0 atom stereocenters. The van der Waals surface area contributed by atoms with Crippen molar-refractivity contribution in [1.82, 2.24) is 4.31 Å². The number of sulfonamides is 1. The summed E-state index contributed by atoms with van der Waals surface area (Å²) < 4.78 is 26.7. The molecule has 1 aromatic rings. The Morgan fingerprint density at radius 2 is 2.16 bits per heavy atom. The van der Waals surface area contributed by atoms with E-state index in [-0.39, 0.29) is 16.0 Å². The fraction of sp³-hybridized carbons (Fsp3) is 0.462. The van der Waals surface area contributed by atoms with Gasteiger partial charge < -0.3 is 0 Å². The van der Waals surface area contributed by atoms with Gasteiger partial charge in [-0.2, -0.15) is 9.57 Å². The molecule has 1 saturated carbocycles. The van der Waals surface area contributed by atoms with Crippen molar-refractivity contribution in [3.63, 3.8) is 0 Å². The maximum atomic E-state index is 12.6. The second kappa shape index (κ2) is 5.49. The van der Waals surface area contributed by atoms with E-state index in [0.717, 1.165) is 19.3 Å². The lowest BCUT2D eigenvalue weighted by molar-refractivity contribution is 0.403. The number of hydrogen-bond acceptors (Lipinski definition) is 3. The predicted octanol–water partition coefficient (Wildman–Crippen LogP) is 2.77. The van der Waals surface area contributed by atoms with Crippen LogP contribution in [0, 0.1) is 11.3 Å². The zero-order valence-corrected chi connectivity index (χ0v) is 12.2. The molecule has 0 radical (unpaired) electrons. The van der Waals surface area contributed by atoms with Crippen molar-refractivity contribution in [2.24, 2.45) is 0 Å². The van der Waals surface area contributed by atoms with E-state index < -0.39 is 10.0 Å². The van der Waals surface area contributed by atoms with Crippen LogP contribution in [0.4, 0.5) is 0 Å². The molecule has 102 valence electrons. The zero-order valence-electron chi connectivity index (χ0n) is 10.6. The van der Waals surface area contributed by atoms with E-state index in [9.17, 15) is 8.42 Å². The molecule has 1 aromatic carbocycles. The van der Waals surface area contributed by atoms with E-state index in [0.29, 0.717) is 12.1 Å². The molecule has 1 aliphatic carbocycles. The summed E-state index contributed by atoms with van der Waals surface area (Å²) in [6.45, 7) is 2.45. The van der Waals surface area contributed by atoms with Gasteiger partial charge in [0, 0.05) is 12.6 Å². The van der Waals surface area contributed by atoms with Gasteiger partial charge in [-0.05, 0) is 37.5 Å². The van der Waals surface area contributed by atoms with E-state index >= 15 is 0 Å². The predicted molar refractivity (Wildman–Crippen MR) is 73.4 cm³/mol. The first-order valence-electron chi connectivity index (χ1n) is 6.22. The van der Waals surface area contributed by atoms with Gasteiger partial charge in [0.25, 0.3) is 0 Å². The molecule has 0 aliphatic heterocycles.